The molecule has 0 fully saturated rings. The molecule has 0 amide bonds. The van der Waals surface area contributed by atoms with Crippen molar-refractivity contribution in [3.8, 4) is 0 Å². The van der Waals surface area contributed by atoms with Crippen molar-refractivity contribution < 1.29 is 4.74 Å². The summed E-state index contributed by atoms with van der Waals surface area (Å²) in [5.41, 5.74) is 8.56. The highest BCUT2D eigenvalue weighted by Crippen LogP contribution is 2.39. The lowest BCUT2D eigenvalue weighted by atomic mass is 10.0. The molecule has 2 aromatic rings. The maximum absolute atomic E-state index is 6.31. The van der Waals surface area contributed by atoms with Gasteiger partial charge in [-0.25, -0.2) is 0 Å². The average Bonchev–Trinajstić information content (AvgIpc) is 2.94. The molecule has 2 aromatic carbocycles. The van der Waals surface area contributed by atoms with Gasteiger partial charge in [-0.3, -0.25) is 5.73 Å². The Morgan fingerprint density at radius 3 is 1.95 bits per heavy atom. The van der Waals surface area contributed by atoms with Crippen molar-refractivity contribution in [2.24, 2.45) is 5.73 Å². The Morgan fingerprint density at radius 1 is 0.950 bits per heavy atom. The van der Waals surface area contributed by atoms with Crippen LogP contribution in [0.3, 0.4) is 0 Å². The Labute approximate surface area is 123 Å². The number of thioether (sulfide) groups is 1. The largest absolute Gasteiger partial charge is 0.338 e. The molecule has 0 saturated heterocycles. The molecule has 102 valence electrons. The maximum Gasteiger partial charge on any atom is 0.173 e. The second-order valence-electron chi connectivity index (χ2n) is 4.82. The molecule has 3 rings (SSSR count). The summed E-state index contributed by atoms with van der Waals surface area (Å²) in [6.07, 6.45) is 2.64. The van der Waals surface area contributed by atoms with Crippen LogP contribution in [0.15, 0.2) is 72.1 Å². The van der Waals surface area contributed by atoms with Crippen molar-refractivity contribution in [3.63, 3.8) is 0 Å². The summed E-state index contributed by atoms with van der Waals surface area (Å²) in [4.78, 5) is 0. The SMILES string of the molecule is NC1(OC(c2ccccc2)c2ccccc2)CC=CS1. The van der Waals surface area contributed by atoms with Crippen molar-refractivity contribution in [1.82, 2.24) is 0 Å². The number of ether oxygens (including phenoxy) is 1. The molecule has 0 radical (unpaired) electrons. The Bertz CT molecular complexity index is 535. The van der Waals surface area contributed by atoms with Gasteiger partial charge in [0.05, 0.1) is 0 Å². The van der Waals surface area contributed by atoms with E-state index in [1.54, 1.807) is 0 Å². The van der Waals surface area contributed by atoms with Gasteiger partial charge in [0, 0.05) is 6.42 Å². The van der Waals surface area contributed by atoms with Gasteiger partial charge in [-0.2, -0.15) is 0 Å². The summed E-state index contributed by atoms with van der Waals surface area (Å²) >= 11 is 1.54. The van der Waals surface area contributed by atoms with E-state index in [4.69, 9.17) is 10.5 Å². The third kappa shape index (κ3) is 2.96. The van der Waals surface area contributed by atoms with Crippen LogP contribution in [0.4, 0.5) is 0 Å². The van der Waals surface area contributed by atoms with Gasteiger partial charge in [0.25, 0.3) is 0 Å². The standard InChI is InChI=1S/C17H17NOS/c18-17(12-7-13-20-17)19-16(14-8-3-1-4-9-14)15-10-5-2-6-11-15/h1-11,13,16H,12,18H2. The molecule has 1 aliphatic heterocycles. The lowest BCUT2D eigenvalue weighted by molar-refractivity contribution is -0.00915. The van der Waals surface area contributed by atoms with E-state index in [0.717, 1.165) is 17.5 Å². The maximum atomic E-state index is 6.31. The third-order valence-electron chi connectivity index (χ3n) is 3.29. The van der Waals surface area contributed by atoms with Crippen LogP contribution in [0.2, 0.25) is 0 Å². The van der Waals surface area contributed by atoms with Crippen molar-refractivity contribution >= 4 is 11.8 Å². The highest BCUT2D eigenvalue weighted by molar-refractivity contribution is 8.03. The zero-order valence-corrected chi connectivity index (χ0v) is 11.9. The summed E-state index contributed by atoms with van der Waals surface area (Å²) in [5, 5.41) is 1.34. The first-order valence-electron chi connectivity index (χ1n) is 6.66. The van der Waals surface area contributed by atoms with Gasteiger partial charge in [-0.1, -0.05) is 78.5 Å². The van der Waals surface area contributed by atoms with E-state index >= 15 is 0 Å². The van der Waals surface area contributed by atoms with Crippen LogP contribution in [0, 0.1) is 0 Å². The van der Waals surface area contributed by atoms with E-state index in [2.05, 4.69) is 30.3 Å². The predicted octanol–water partition coefficient (Wildman–Crippen LogP) is 4.06. The number of nitrogens with two attached hydrogens (primary N) is 1. The van der Waals surface area contributed by atoms with E-state index in [9.17, 15) is 0 Å². The lowest BCUT2D eigenvalue weighted by Crippen LogP contribution is -2.38. The molecule has 2 nitrogen and oxygen atoms in total. The molecule has 0 aromatic heterocycles. The molecular formula is C17H17NOS. The summed E-state index contributed by atoms with van der Waals surface area (Å²) in [5.74, 6) is 0. The zero-order valence-electron chi connectivity index (χ0n) is 11.1. The Morgan fingerprint density at radius 2 is 1.50 bits per heavy atom. The van der Waals surface area contributed by atoms with Gasteiger partial charge in [0.1, 0.15) is 6.10 Å². The van der Waals surface area contributed by atoms with Crippen molar-refractivity contribution in [1.29, 1.82) is 0 Å². The lowest BCUT2D eigenvalue weighted by Gasteiger charge is -2.30. The van der Waals surface area contributed by atoms with E-state index in [1.807, 2.05) is 41.8 Å². The number of hydrogen-bond donors (Lipinski definition) is 1. The van der Waals surface area contributed by atoms with Gasteiger partial charge in [0.15, 0.2) is 5.06 Å². The van der Waals surface area contributed by atoms with Crippen LogP contribution in [0.1, 0.15) is 23.7 Å². The van der Waals surface area contributed by atoms with E-state index < -0.39 is 5.06 Å². The number of hydrogen-bond acceptors (Lipinski definition) is 3. The summed E-state index contributed by atoms with van der Waals surface area (Å²) in [6, 6.07) is 20.4. The minimum absolute atomic E-state index is 0.144. The van der Waals surface area contributed by atoms with Gasteiger partial charge in [-0.15, -0.1) is 0 Å². The molecular weight excluding hydrogens is 266 g/mol. The number of benzene rings is 2. The minimum Gasteiger partial charge on any atom is -0.338 e. The molecule has 0 bridgehead atoms. The van der Waals surface area contributed by atoms with Crippen LogP contribution in [-0.4, -0.2) is 5.06 Å². The summed E-state index contributed by atoms with van der Waals surface area (Å²) < 4.78 is 6.25. The van der Waals surface area contributed by atoms with Crippen LogP contribution in [0.5, 0.6) is 0 Å². The highest BCUT2D eigenvalue weighted by atomic mass is 32.2. The van der Waals surface area contributed by atoms with Gasteiger partial charge < -0.3 is 4.74 Å². The fraction of sp³-hybridized carbons (Fsp3) is 0.176. The Kier molecular flexibility index (Phi) is 3.92. The molecule has 2 N–H and O–H groups in total. The first-order chi connectivity index (χ1) is 9.77. The van der Waals surface area contributed by atoms with E-state index in [-0.39, 0.29) is 6.10 Å². The molecule has 20 heavy (non-hydrogen) atoms. The normalized spacial score (nSPS) is 21.5. The Balaban J connectivity index is 1.92. The fourth-order valence-corrected chi connectivity index (χ4v) is 3.05. The minimum atomic E-state index is -0.670. The molecule has 0 aliphatic carbocycles. The third-order valence-corrected chi connectivity index (χ3v) is 4.28. The first-order valence-corrected chi connectivity index (χ1v) is 7.54. The van der Waals surface area contributed by atoms with Gasteiger partial charge in [0.2, 0.25) is 0 Å². The van der Waals surface area contributed by atoms with Crippen LogP contribution < -0.4 is 5.73 Å². The summed E-state index contributed by atoms with van der Waals surface area (Å²) in [7, 11) is 0. The molecule has 3 heteroatoms. The smallest absolute Gasteiger partial charge is 0.173 e. The monoisotopic (exact) mass is 283 g/mol. The first kappa shape index (κ1) is 13.4. The quantitative estimate of drug-likeness (QED) is 0.860. The van der Waals surface area contributed by atoms with Crippen LogP contribution in [-0.2, 0) is 4.74 Å². The van der Waals surface area contributed by atoms with E-state index in [1.165, 1.54) is 11.8 Å². The van der Waals surface area contributed by atoms with E-state index in [0.29, 0.717) is 0 Å². The van der Waals surface area contributed by atoms with Crippen molar-refractivity contribution in [3.05, 3.63) is 83.3 Å². The fourth-order valence-electron chi connectivity index (χ4n) is 2.28. The molecule has 0 saturated carbocycles. The molecule has 1 heterocycles. The second kappa shape index (κ2) is 5.83. The Hall–Kier alpha value is -1.55. The summed E-state index contributed by atoms with van der Waals surface area (Å²) in [6.45, 7) is 0. The van der Waals surface area contributed by atoms with Crippen molar-refractivity contribution in [2.75, 3.05) is 0 Å². The van der Waals surface area contributed by atoms with Crippen LogP contribution in [0.25, 0.3) is 0 Å². The van der Waals surface area contributed by atoms with Gasteiger partial charge >= 0.3 is 0 Å². The van der Waals surface area contributed by atoms with Crippen LogP contribution >= 0.6 is 11.8 Å². The highest BCUT2D eigenvalue weighted by Gasteiger charge is 2.32. The average molecular weight is 283 g/mol. The van der Waals surface area contributed by atoms with Gasteiger partial charge in [-0.05, 0) is 16.5 Å². The van der Waals surface area contributed by atoms with Crippen molar-refractivity contribution in [2.45, 2.75) is 17.6 Å². The molecule has 1 unspecified atom stereocenters. The second-order valence-corrected chi connectivity index (χ2v) is 6.02. The topological polar surface area (TPSA) is 35.2 Å². The molecule has 0 spiro atoms. The molecule has 1 atom stereocenters. The zero-order chi connectivity index (χ0) is 13.8. The molecule has 1 aliphatic rings. The number of rotatable bonds is 4. The predicted molar refractivity (Wildman–Crippen MR) is 84.1 cm³/mol.